The van der Waals surface area contributed by atoms with E-state index in [0.29, 0.717) is 0 Å². The summed E-state index contributed by atoms with van der Waals surface area (Å²) in [5.74, 6) is -0.485. The van der Waals surface area contributed by atoms with Gasteiger partial charge in [-0.25, -0.2) is 0 Å². The van der Waals surface area contributed by atoms with Crippen molar-refractivity contribution in [3.63, 3.8) is 0 Å². The van der Waals surface area contributed by atoms with Crippen LogP contribution in [0.1, 0.15) is 38.1 Å². The smallest absolute Gasteiger partial charge is 0.304 e. The number of nitro benzene ring substituents is 1. The van der Waals surface area contributed by atoms with E-state index in [4.69, 9.17) is 5.73 Å². The molecule has 0 aliphatic rings. The van der Waals surface area contributed by atoms with Gasteiger partial charge in [0.25, 0.3) is 5.91 Å². The monoisotopic (exact) mass is 265 g/mol. The fourth-order valence-electron chi connectivity index (χ4n) is 1.44. The molecule has 1 atom stereocenters. The number of carbonyl (C=O) groups is 1. The molecule has 1 amide bonds. The largest absolute Gasteiger partial charge is 0.393 e. The average Bonchev–Trinajstić information content (AvgIpc) is 2.26. The Kier molecular flexibility index (Phi) is 4.14. The number of nitrogen functional groups attached to an aromatic ring is 1. The lowest BCUT2D eigenvalue weighted by atomic mass is 9.88. The standard InChI is InChI=1S/C13H19N3O3/c1-8(13(2,3)4)15-12(17)9-6-5-7-10(14)11(9)16(18)19/h5-8H,14H2,1-4H3,(H,15,17). The molecule has 0 aliphatic heterocycles. The van der Waals surface area contributed by atoms with Gasteiger partial charge < -0.3 is 11.1 Å². The van der Waals surface area contributed by atoms with Gasteiger partial charge in [0.15, 0.2) is 0 Å². The molecule has 0 heterocycles. The lowest BCUT2D eigenvalue weighted by Crippen LogP contribution is -2.41. The first-order valence-corrected chi connectivity index (χ1v) is 5.98. The molecule has 0 radical (unpaired) electrons. The highest BCUT2D eigenvalue weighted by Crippen LogP contribution is 2.26. The van der Waals surface area contributed by atoms with Gasteiger partial charge in [0.05, 0.1) is 4.92 Å². The lowest BCUT2D eigenvalue weighted by molar-refractivity contribution is -0.384. The van der Waals surface area contributed by atoms with Crippen molar-refractivity contribution in [1.82, 2.24) is 5.32 Å². The molecule has 0 saturated carbocycles. The number of rotatable bonds is 3. The predicted molar refractivity (Wildman–Crippen MR) is 73.9 cm³/mol. The number of hydrogen-bond donors (Lipinski definition) is 2. The summed E-state index contributed by atoms with van der Waals surface area (Å²) < 4.78 is 0. The van der Waals surface area contributed by atoms with Gasteiger partial charge >= 0.3 is 5.69 Å². The summed E-state index contributed by atoms with van der Waals surface area (Å²) in [6.45, 7) is 7.79. The molecule has 1 aromatic rings. The molecule has 0 aromatic heterocycles. The third-order valence-electron chi connectivity index (χ3n) is 3.14. The van der Waals surface area contributed by atoms with Crippen molar-refractivity contribution in [3.8, 4) is 0 Å². The van der Waals surface area contributed by atoms with Gasteiger partial charge in [-0.3, -0.25) is 14.9 Å². The highest BCUT2D eigenvalue weighted by atomic mass is 16.6. The Morgan fingerprint density at radius 1 is 1.42 bits per heavy atom. The summed E-state index contributed by atoms with van der Waals surface area (Å²) in [7, 11) is 0. The van der Waals surface area contributed by atoms with E-state index in [1.807, 2.05) is 27.7 Å². The first-order valence-electron chi connectivity index (χ1n) is 5.98. The van der Waals surface area contributed by atoms with Gasteiger partial charge in [0, 0.05) is 6.04 Å². The maximum absolute atomic E-state index is 12.1. The SMILES string of the molecule is CC(NC(=O)c1cccc(N)c1[N+](=O)[O-])C(C)(C)C. The maximum atomic E-state index is 12.1. The van der Waals surface area contributed by atoms with Crippen molar-refractivity contribution in [2.24, 2.45) is 5.41 Å². The fourth-order valence-corrected chi connectivity index (χ4v) is 1.44. The Balaban J connectivity index is 3.08. The van der Waals surface area contributed by atoms with E-state index >= 15 is 0 Å². The van der Waals surface area contributed by atoms with Crippen LogP contribution >= 0.6 is 0 Å². The second-order valence-corrected chi connectivity index (χ2v) is 5.56. The zero-order valence-corrected chi connectivity index (χ0v) is 11.6. The second kappa shape index (κ2) is 5.26. The van der Waals surface area contributed by atoms with Gasteiger partial charge in [-0.15, -0.1) is 0 Å². The first kappa shape index (κ1) is 14.9. The van der Waals surface area contributed by atoms with E-state index < -0.39 is 10.8 Å². The molecule has 0 aliphatic carbocycles. The molecule has 19 heavy (non-hydrogen) atoms. The van der Waals surface area contributed by atoms with Gasteiger partial charge in [-0.1, -0.05) is 26.8 Å². The molecule has 1 unspecified atom stereocenters. The first-order chi connectivity index (χ1) is 8.64. The van der Waals surface area contributed by atoms with Crippen LogP contribution in [-0.2, 0) is 0 Å². The molecular formula is C13H19N3O3. The molecule has 1 rings (SSSR count). The third-order valence-corrected chi connectivity index (χ3v) is 3.14. The van der Waals surface area contributed by atoms with Crippen molar-refractivity contribution < 1.29 is 9.72 Å². The Morgan fingerprint density at radius 2 is 2.00 bits per heavy atom. The third kappa shape index (κ3) is 3.43. The Morgan fingerprint density at radius 3 is 2.47 bits per heavy atom. The minimum absolute atomic E-state index is 0.0129. The topological polar surface area (TPSA) is 98.3 Å². The van der Waals surface area contributed by atoms with E-state index in [9.17, 15) is 14.9 Å². The van der Waals surface area contributed by atoms with E-state index in [0.717, 1.165) is 0 Å². The van der Waals surface area contributed by atoms with Crippen molar-refractivity contribution in [1.29, 1.82) is 0 Å². The van der Waals surface area contributed by atoms with Crippen LogP contribution in [-0.4, -0.2) is 16.9 Å². The molecular weight excluding hydrogens is 246 g/mol. The number of para-hydroxylation sites is 1. The number of carbonyl (C=O) groups excluding carboxylic acids is 1. The van der Waals surface area contributed by atoms with Crippen molar-refractivity contribution in [2.45, 2.75) is 33.7 Å². The molecule has 0 bridgehead atoms. The summed E-state index contributed by atoms with van der Waals surface area (Å²) in [5, 5.41) is 13.7. The van der Waals surface area contributed by atoms with Gasteiger partial charge in [-0.2, -0.15) is 0 Å². The van der Waals surface area contributed by atoms with Gasteiger partial charge in [-0.05, 0) is 24.5 Å². The van der Waals surface area contributed by atoms with Crippen LogP contribution in [0.5, 0.6) is 0 Å². The molecule has 0 fully saturated rings. The summed E-state index contributed by atoms with van der Waals surface area (Å²) in [6.07, 6.45) is 0. The summed E-state index contributed by atoms with van der Waals surface area (Å²) in [4.78, 5) is 22.5. The van der Waals surface area contributed by atoms with Crippen molar-refractivity contribution in [3.05, 3.63) is 33.9 Å². The number of nitrogens with two attached hydrogens (primary N) is 1. The number of amides is 1. The number of nitrogens with zero attached hydrogens (tertiary/aromatic N) is 1. The maximum Gasteiger partial charge on any atom is 0.304 e. The molecule has 6 heteroatoms. The van der Waals surface area contributed by atoms with E-state index in [2.05, 4.69) is 5.32 Å². The minimum atomic E-state index is -0.633. The highest BCUT2D eigenvalue weighted by Gasteiger charge is 2.27. The number of hydrogen-bond acceptors (Lipinski definition) is 4. The Bertz CT molecular complexity index is 506. The lowest BCUT2D eigenvalue weighted by Gasteiger charge is -2.28. The Hall–Kier alpha value is -2.11. The van der Waals surface area contributed by atoms with Crippen LogP contribution in [0, 0.1) is 15.5 Å². The second-order valence-electron chi connectivity index (χ2n) is 5.56. The fraction of sp³-hybridized carbons (Fsp3) is 0.462. The number of nitrogens with one attached hydrogen (secondary N) is 1. The van der Waals surface area contributed by atoms with Gasteiger partial charge in [0.2, 0.25) is 0 Å². The highest BCUT2D eigenvalue weighted by molar-refractivity contribution is 6.00. The average molecular weight is 265 g/mol. The van der Waals surface area contributed by atoms with Crippen LogP contribution < -0.4 is 11.1 Å². The van der Waals surface area contributed by atoms with E-state index in [-0.39, 0.29) is 28.4 Å². The molecule has 6 nitrogen and oxygen atoms in total. The molecule has 1 aromatic carbocycles. The zero-order valence-electron chi connectivity index (χ0n) is 11.6. The molecule has 0 spiro atoms. The van der Waals surface area contributed by atoms with Gasteiger partial charge in [0.1, 0.15) is 11.3 Å². The number of nitro groups is 1. The van der Waals surface area contributed by atoms with Crippen molar-refractivity contribution in [2.75, 3.05) is 5.73 Å². The quantitative estimate of drug-likeness (QED) is 0.498. The normalized spacial score (nSPS) is 12.8. The number of anilines is 1. The zero-order chi connectivity index (χ0) is 14.8. The van der Waals surface area contributed by atoms with Crippen molar-refractivity contribution >= 4 is 17.3 Å². The Labute approximate surface area is 112 Å². The molecule has 104 valence electrons. The van der Waals surface area contributed by atoms with Crippen LogP contribution in [0.2, 0.25) is 0 Å². The minimum Gasteiger partial charge on any atom is -0.393 e. The molecule has 0 saturated heterocycles. The van der Waals surface area contributed by atoms with E-state index in [1.54, 1.807) is 0 Å². The van der Waals surface area contributed by atoms with Crippen LogP contribution in [0.25, 0.3) is 0 Å². The molecule has 3 N–H and O–H groups in total. The number of benzene rings is 1. The summed E-state index contributed by atoms with van der Waals surface area (Å²) >= 11 is 0. The van der Waals surface area contributed by atoms with E-state index in [1.165, 1.54) is 18.2 Å². The van der Waals surface area contributed by atoms with Crippen LogP contribution in [0.3, 0.4) is 0 Å². The summed E-state index contributed by atoms with van der Waals surface area (Å²) in [5.41, 5.74) is 5.05. The van der Waals surface area contributed by atoms with Crippen LogP contribution in [0.15, 0.2) is 18.2 Å². The van der Waals surface area contributed by atoms with Crippen LogP contribution in [0.4, 0.5) is 11.4 Å². The summed E-state index contributed by atoms with van der Waals surface area (Å²) in [6, 6.07) is 4.21. The predicted octanol–water partition coefficient (Wildman–Crippen LogP) is 2.34.